The largest absolute Gasteiger partial charge is 0.497 e. The number of carbonyl (C=O) groups is 1. The lowest BCUT2D eigenvalue weighted by Crippen LogP contribution is -2.45. The maximum atomic E-state index is 12.1. The summed E-state index contributed by atoms with van der Waals surface area (Å²) in [6, 6.07) is 7.84. The second-order valence-corrected chi connectivity index (χ2v) is 7.21. The van der Waals surface area contributed by atoms with Crippen molar-refractivity contribution in [3.63, 3.8) is 0 Å². The van der Waals surface area contributed by atoms with E-state index in [0.29, 0.717) is 13.2 Å². The van der Waals surface area contributed by atoms with Crippen molar-refractivity contribution in [1.82, 2.24) is 15.5 Å². The first-order valence-electron chi connectivity index (χ1n) is 10.1. The Morgan fingerprint density at radius 1 is 1.36 bits per heavy atom. The highest BCUT2D eigenvalue weighted by molar-refractivity contribution is 5.81. The fourth-order valence-electron chi connectivity index (χ4n) is 3.09. The number of rotatable bonds is 9. The summed E-state index contributed by atoms with van der Waals surface area (Å²) >= 11 is 0. The molecule has 0 bridgehead atoms. The summed E-state index contributed by atoms with van der Waals surface area (Å²) in [6.07, 6.45) is 1.76. The average molecular weight is 391 g/mol. The van der Waals surface area contributed by atoms with Gasteiger partial charge in [0, 0.05) is 50.6 Å². The Hall–Kier alpha value is -2.44. The molecule has 0 saturated carbocycles. The van der Waals surface area contributed by atoms with Crippen LogP contribution in [-0.2, 0) is 4.79 Å². The van der Waals surface area contributed by atoms with E-state index in [1.165, 1.54) is 0 Å². The summed E-state index contributed by atoms with van der Waals surface area (Å²) in [4.78, 5) is 18.7. The molecule has 1 atom stereocenters. The lowest BCUT2D eigenvalue weighted by Gasteiger charge is -2.20. The maximum Gasteiger partial charge on any atom is 0.225 e. The van der Waals surface area contributed by atoms with E-state index in [9.17, 15) is 4.79 Å². The number of guanidine groups is 1. The van der Waals surface area contributed by atoms with Crippen LogP contribution in [0.2, 0.25) is 0 Å². The molecule has 0 radical (unpaired) electrons. The smallest absolute Gasteiger partial charge is 0.225 e. The molecule has 1 aromatic rings. The molecular weight excluding hydrogens is 356 g/mol. The van der Waals surface area contributed by atoms with Gasteiger partial charge in [0.25, 0.3) is 0 Å². The summed E-state index contributed by atoms with van der Waals surface area (Å²) in [5.74, 6) is 2.66. The number of nitrogens with one attached hydrogen (secondary N) is 2. The number of amides is 1. The summed E-state index contributed by atoms with van der Waals surface area (Å²) in [5, 5.41) is 6.73. The van der Waals surface area contributed by atoms with Crippen LogP contribution in [0.25, 0.3) is 0 Å². The molecule has 0 aliphatic carbocycles. The molecular formula is C21H34N4O3. The van der Waals surface area contributed by atoms with Gasteiger partial charge in [0.1, 0.15) is 11.5 Å². The molecule has 1 aliphatic rings. The topological polar surface area (TPSA) is 75.2 Å². The average Bonchev–Trinajstić information content (AvgIpc) is 3.15. The summed E-state index contributed by atoms with van der Waals surface area (Å²) in [5.41, 5.74) is 0. The first kappa shape index (κ1) is 21.9. The lowest BCUT2D eigenvalue weighted by molar-refractivity contribution is -0.133. The molecule has 1 unspecified atom stereocenters. The van der Waals surface area contributed by atoms with Crippen molar-refractivity contribution in [1.29, 1.82) is 0 Å². The predicted octanol–water partition coefficient (Wildman–Crippen LogP) is 2.28. The molecule has 1 aliphatic heterocycles. The van der Waals surface area contributed by atoms with Crippen LogP contribution in [0.5, 0.6) is 11.5 Å². The third-order valence-electron chi connectivity index (χ3n) is 4.56. The molecule has 2 N–H and O–H groups in total. The van der Waals surface area contributed by atoms with Crippen LogP contribution in [0.3, 0.4) is 0 Å². The van der Waals surface area contributed by atoms with E-state index in [0.717, 1.165) is 49.9 Å². The Balaban J connectivity index is 1.75. The van der Waals surface area contributed by atoms with Crippen molar-refractivity contribution >= 4 is 11.9 Å². The van der Waals surface area contributed by atoms with Gasteiger partial charge in [0.15, 0.2) is 5.96 Å². The van der Waals surface area contributed by atoms with E-state index in [2.05, 4.69) is 15.6 Å². The molecule has 1 aromatic carbocycles. The van der Waals surface area contributed by atoms with Gasteiger partial charge < -0.3 is 25.0 Å². The van der Waals surface area contributed by atoms with Crippen molar-refractivity contribution in [2.45, 2.75) is 39.7 Å². The number of likely N-dealkylation sites (tertiary alicyclic amines) is 1. The lowest BCUT2D eigenvalue weighted by atomic mass is 10.2. The van der Waals surface area contributed by atoms with Crippen LogP contribution in [0.1, 0.15) is 33.6 Å². The number of hydrogen-bond acceptors (Lipinski definition) is 4. The van der Waals surface area contributed by atoms with Crippen LogP contribution >= 0.6 is 0 Å². The van der Waals surface area contributed by atoms with Gasteiger partial charge in [-0.3, -0.25) is 9.79 Å². The van der Waals surface area contributed by atoms with Crippen LogP contribution in [0.15, 0.2) is 29.3 Å². The number of benzene rings is 1. The second-order valence-electron chi connectivity index (χ2n) is 7.21. The van der Waals surface area contributed by atoms with Gasteiger partial charge in [-0.2, -0.15) is 0 Å². The quantitative estimate of drug-likeness (QED) is 0.384. The molecule has 1 saturated heterocycles. The van der Waals surface area contributed by atoms with Crippen molar-refractivity contribution in [2.24, 2.45) is 10.9 Å². The zero-order valence-corrected chi connectivity index (χ0v) is 17.5. The fourth-order valence-corrected chi connectivity index (χ4v) is 3.09. The highest BCUT2D eigenvalue weighted by Gasteiger charge is 2.27. The summed E-state index contributed by atoms with van der Waals surface area (Å²) in [7, 11) is 1.64. The van der Waals surface area contributed by atoms with Gasteiger partial charge in [0.2, 0.25) is 5.91 Å². The Kier molecular flexibility index (Phi) is 8.91. The van der Waals surface area contributed by atoms with E-state index in [1.807, 2.05) is 49.9 Å². The minimum absolute atomic E-state index is 0.0465. The number of methoxy groups -OCH3 is 1. The Morgan fingerprint density at radius 2 is 2.14 bits per heavy atom. The summed E-state index contributed by atoms with van der Waals surface area (Å²) in [6.45, 7) is 9.55. The highest BCUT2D eigenvalue weighted by Crippen LogP contribution is 2.18. The Labute approximate surface area is 168 Å². The first-order valence-corrected chi connectivity index (χ1v) is 10.1. The van der Waals surface area contributed by atoms with Gasteiger partial charge in [0.05, 0.1) is 13.7 Å². The van der Waals surface area contributed by atoms with Gasteiger partial charge in [-0.1, -0.05) is 19.9 Å². The Morgan fingerprint density at radius 3 is 2.86 bits per heavy atom. The first-order chi connectivity index (χ1) is 13.5. The van der Waals surface area contributed by atoms with Crippen LogP contribution in [0, 0.1) is 5.92 Å². The standard InChI is InChI=1S/C21H34N4O3/c1-5-22-21(24-17-10-12-25(15-17)20(26)16(2)3)23-11-7-13-28-19-9-6-8-18(14-19)27-4/h6,8-9,14,16-17H,5,7,10-13,15H2,1-4H3,(H2,22,23,24). The Bertz CT molecular complexity index is 648. The van der Waals surface area contributed by atoms with Gasteiger partial charge >= 0.3 is 0 Å². The van der Waals surface area contributed by atoms with Crippen molar-refractivity contribution < 1.29 is 14.3 Å². The number of hydrogen-bond donors (Lipinski definition) is 2. The van der Waals surface area contributed by atoms with Crippen molar-refractivity contribution in [2.75, 3.05) is 39.9 Å². The van der Waals surface area contributed by atoms with Crippen LogP contribution in [0.4, 0.5) is 0 Å². The third-order valence-corrected chi connectivity index (χ3v) is 4.56. The monoisotopic (exact) mass is 390 g/mol. The van der Waals surface area contributed by atoms with Crippen molar-refractivity contribution in [3.05, 3.63) is 24.3 Å². The minimum atomic E-state index is 0.0465. The number of carbonyl (C=O) groups excluding carboxylic acids is 1. The normalized spacial score (nSPS) is 17.0. The minimum Gasteiger partial charge on any atom is -0.497 e. The SMILES string of the molecule is CCNC(=NCCCOc1cccc(OC)c1)NC1CCN(C(=O)C(C)C)C1. The molecule has 1 heterocycles. The highest BCUT2D eigenvalue weighted by atomic mass is 16.5. The second kappa shape index (κ2) is 11.4. The van der Waals surface area contributed by atoms with Gasteiger partial charge in [-0.15, -0.1) is 0 Å². The molecule has 1 amide bonds. The van der Waals surface area contributed by atoms with Crippen LogP contribution in [-0.4, -0.2) is 62.7 Å². The molecule has 0 spiro atoms. The predicted molar refractivity (Wildman–Crippen MR) is 112 cm³/mol. The van der Waals surface area contributed by atoms with E-state index >= 15 is 0 Å². The third kappa shape index (κ3) is 6.94. The molecule has 156 valence electrons. The van der Waals surface area contributed by atoms with Gasteiger partial charge in [-0.05, 0) is 25.5 Å². The van der Waals surface area contributed by atoms with E-state index in [4.69, 9.17) is 9.47 Å². The van der Waals surface area contributed by atoms with E-state index in [1.54, 1.807) is 7.11 Å². The molecule has 1 fully saturated rings. The maximum absolute atomic E-state index is 12.1. The number of nitrogens with zero attached hydrogens (tertiary/aromatic N) is 2. The molecule has 7 heteroatoms. The van der Waals surface area contributed by atoms with Crippen LogP contribution < -0.4 is 20.1 Å². The zero-order valence-electron chi connectivity index (χ0n) is 17.5. The molecule has 2 rings (SSSR count). The molecule has 0 aromatic heterocycles. The van der Waals surface area contributed by atoms with Gasteiger partial charge in [-0.25, -0.2) is 0 Å². The van der Waals surface area contributed by atoms with E-state index in [-0.39, 0.29) is 17.9 Å². The van der Waals surface area contributed by atoms with Crippen molar-refractivity contribution in [3.8, 4) is 11.5 Å². The molecule has 28 heavy (non-hydrogen) atoms. The zero-order chi connectivity index (χ0) is 20.4. The summed E-state index contributed by atoms with van der Waals surface area (Å²) < 4.78 is 10.9. The number of aliphatic imine (C=N–C) groups is 1. The molecule has 7 nitrogen and oxygen atoms in total. The number of ether oxygens (including phenoxy) is 2. The van der Waals surface area contributed by atoms with E-state index < -0.39 is 0 Å². The fraction of sp³-hybridized carbons (Fsp3) is 0.619.